The van der Waals surface area contributed by atoms with Gasteiger partial charge >= 0.3 is 0 Å². The van der Waals surface area contributed by atoms with Crippen molar-refractivity contribution in [1.29, 1.82) is 0 Å². The van der Waals surface area contributed by atoms with Gasteiger partial charge in [-0.1, -0.05) is 6.07 Å². The molecule has 0 saturated carbocycles. The Balaban J connectivity index is 1.31. The van der Waals surface area contributed by atoms with Crippen LogP contribution in [-0.2, 0) is 4.74 Å². The first-order chi connectivity index (χ1) is 15.6. The van der Waals surface area contributed by atoms with Crippen LogP contribution >= 0.6 is 0 Å². The van der Waals surface area contributed by atoms with Gasteiger partial charge in [0.05, 0.1) is 30.7 Å². The first-order valence-corrected chi connectivity index (χ1v) is 10.3. The smallest absolute Gasteiger partial charge is 0.290 e. The molecule has 1 amide bonds. The third-order valence-electron chi connectivity index (χ3n) is 5.50. The van der Waals surface area contributed by atoms with E-state index in [-0.39, 0.29) is 23.6 Å². The van der Waals surface area contributed by atoms with Gasteiger partial charge in [0.15, 0.2) is 5.76 Å². The monoisotopic (exact) mass is 432 g/mol. The maximum Gasteiger partial charge on any atom is 0.290 e. The number of rotatable bonds is 4. The minimum Gasteiger partial charge on any atom is -0.451 e. The number of benzene rings is 1. The highest BCUT2D eigenvalue weighted by molar-refractivity contribution is 5.99. The second-order valence-corrected chi connectivity index (χ2v) is 7.62. The number of ether oxygens (including phenoxy) is 1. The number of aryl methyl sites for hydroxylation is 1. The summed E-state index contributed by atoms with van der Waals surface area (Å²) in [5, 5.41) is 3.79. The summed E-state index contributed by atoms with van der Waals surface area (Å²) >= 11 is 0. The van der Waals surface area contributed by atoms with Crippen molar-refractivity contribution in [2.75, 3.05) is 25.0 Å². The van der Waals surface area contributed by atoms with Crippen molar-refractivity contribution in [3.63, 3.8) is 0 Å². The number of aromatic nitrogens is 2. The number of morpholine rings is 1. The summed E-state index contributed by atoms with van der Waals surface area (Å²) in [5.41, 5.74) is 2.67. The molecule has 1 saturated heterocycles. The molecule has 32 heavy (non-hydrogen) atoms. The van der Waals surface area contributed by atoms with E-state index in [4.69, 9.17) is 9.15 Å². The standard InChI is InChI=1S/C24H21FN4O3/c1-15-18-12-16(25)5-8-20(18)32-23(15)24(30)29-10-11-31-21(14-29)19-7-6-17(13-27-19)28-22-4-2-3-9-26-22/h2-9,12-13,21H,10-11,14H2,1H3,(H,26,28). The highest BCUT2D eigenvalue weighted by atomic mass is 19.1. The van der Waals surface area contributed by atoms with Gasteiger partial charge in [0.2, 0.25) is 0 Å². The van der Waals surface area contributed by atoms with Crippen molar-refractivity contribution in [3.8, 4) is 0 Å². The van der Waals surface area contributed by atoms with E-state index in [1.807, 2.05) is 30.3 Å². The Labute approximate surface area is 183 Å². The van der Waals surface area contributed by atoms with E-state index in [1.165, 1.54) is 12.1 Å². The summed E-state index contributed by atoms with van der Waals surface area (Å²) in [7, 11) is 0. The summed E-state index contributed by atoms with van der Waals surface area (Å²) in [4.78, 5) is 23.6. The normalized spacial score (nSPS) is 16.3. The van der Waals surface area contributed by atoms with Gasteiger partial charge in [-0.25, -0.2) is 9.37 Å². The number of halogens is 1. The lowest BCUT2D eigenvalue weighted by Crippen LogP contribution is -2.42. The molecule has 0 aliphatic carbocycles. The first-order valence-electron chi connectivity index (χ1n) is 10.3. The minimum absolute atomic E-state index is 0.231. The van der Waals surface area contributed by atoms with Gasteiger partial charge in [0.1, 0.15) is 23.3 Å². The van der Waals surface area contributed by atoms with Crippen molar-refractivity contribution in [3.05, 3.63) is 83.8 Å². The molecule has 3 aromatic heterocycles. The van der Waals surface area contributed by atoms with Gasteiger partial charge in [-0.3, -0.25) is 9.78 Å². The number of pyridine rings is 2. The Morgan fingerprint density at radius 3 is 2.88 bits per heavy atom. The van der Waals surface area contributed by atoms with E-state index in [0.29, 0.717) is 36.2 Å². The van der Waals surface area contributed by atoms with E-state index in [2.05, 4.69) is 15.3 Å². The fourth-order valence-corrected chi connectivity index (χ4v) is 3.81. The number of fused-ring (bicyclic) bond motifs is 1. The molecular weight excluding hydrogens is 411 g/mol. The zero-order valence-electron chi connectivity index (χ0n) is 17.4. The Hall–Kier alpha value is -3.78. The number of nitrogens with one attached hydrogen (secondary N) is 1. The summed E-state index contributed by atoms with van der Waals surface area (Å²) in [6.45, 7) is 2.95. The van der Waals surface area contributed by atoms with Crippen LogP contribution in [0.3, 0.4) is 0 Å². The molecule has 4 heterocycles. The van der Waals surface area contributed by atoms with Crippen LogP contribution in [0.1, 0.15) is 27.9 Å². The van der Waals surface area contributed by atoms with E-state index in [0.717, 1.165) is 17.2 Å². The van der Waals surface area contributed by atoms with Crippen LogP contribution in [0, 0.1) is 12.7 Å². The topological polar surface area (TPSA) is 80.5 Å². The molecule has 0 bridgehead atoms. The zero-order chi connectivity index (χ0) is 22.1. The molecule has 5 rings (SSSR count). The third kappa shape index (κ3) is 3.92. The lowest BCUT2D eigenvalue weighted by atomic mass is 10.1. The molecule has 1 atom stereocenters. The van der Waals surface area contributed by atoms with Gasteiger partial charge in [0.25, 0.3) is 5.91 Å². The van der Waals surface area contributed by atoms with Gasteiger partial charge in [-0.05, 0) is 49.4 Å². The highest BCUT2D eigenvalue weighted by Crippen LogP contribution is 2.29. The predicted octanol–water partition coefficient (Wildman–Crippen LogP) is 4.63. The number of nitrogens with zero attached hydrogens (tertiary/aromatic N) is 3. The maximum atomic E-state index is 13.6. The molecule has 1 fully saturated rings. The van der Waals surface area contributed by atoms with Gasteiger partial charge in [0, 0.05) is 23.7 Å². The molecule has 4 aromatic rings. The number of carbonyl (C=O) groups excluding carboxylic acids is 1. The number of furan rings is 1. The second-order valence-electron chi connectivity index (χ2n) is 7.62. The molecule has 8 heteroatoms. The molecule has 1 aliphatic heterocycles. The fourth-order valence-electron chi connectivity index (χ4n) is 3.81. The molecule has 1 N–H and O–H groups in total. The molecule has 0 radical (unpaired) electrons. The largest absolute Gasteiger partial charge is 0.451 e. The van der Waals surface area contributed by atoms with Crippen LogP contribution in [0.5, 0.6) is 0 Å². The molecule has 7 nitrogen and oxygen atoms in total. The highest BCUT2D eigenvalue weighted by Gasteiger charge is 2.30. The van der Waals surface area contributed by atoms with E-state index in [1.54, 1.807) is 30.3 Å². The Morgan fingerprint density at radius 1 is 1.19 bits per heavy atom. The quantitative estimate of drug-likeness (QED) is 0.507. The van der Waals surface area contributed by atoms with E-state index in [9.17, 15) is 9.18 Å². The van der Waals surface area contributed by atoms with Crippen molar-refractivity contribution in [2.24, 2.45) is 0 Å². The van der Waals surface area contributed by atoms with Crippen LogP contribution in [-0.4, -0.2) is 40.5 Å². The molecule has 0 spiro atoms. The van der Waals surface area contributed by atoms with Gasteiger partial charge in [-0.15, -0.1) is 0 Å². The summed E-state index contributed by atoms with van der Waals surface area (Å²) < 4.78 is 25.2. The maximum absolute atomic E-state index is 13.6. The number of hydrogen-bond acceptors (Lipinski definition) is 6. The molecule has 1 aromatic carbocycles. The van der Waals surface area contributed by atoms with Crippen LogP contribution in [0.15, 0.2) is 65.3 Å². The number of carbonyl (C=O) groups is 1. The van der Waals surface area contributed by atoms with Crippen molar-refractivity contribution in [1.82, 2.24) is 14.9 Å². The number of amides is 1. The SMILES string of the molecule is Cc1c(C(=O)N2CCOC(c3ccc(Nc4ccccn4)cn3)C2)oc2ccc(F)cc12. The molecule has 1 unspecified atom stereocenters. The summed E-state index contributed by atoms with van der Waals surface area (Å²) in [5.74, 6) is 0.364. The van der Waals surface area contributed by atoms with E-state index >= 15 is 0 Å². The van der Waals surface area contributed by atoms with Crippen LogP contribution in [0.4, 0.5) is 15.9 Å². The fraction of sp³-hybridized carbons (Fsp3) is 0.208. The second kappa shape index (κ2) is 8.39. The van der Waals surface area contributed by atoms with Crippen LogP contribution in [0.25, 0.3) is 11.0 Å². The number of anilines is 2. The Morgan fingerprint density at radius 2 is 2.09 bits per heavy atom. The van der Waals surface area contributed by atoms with Crippen molar-refractivity contribution < 1.29 is 18.3 Å². The lowest BCUT2D eigenvalue weighted by Gasteiger charge is -2.32. The third-order valence-corrected chi connectivity index (χ3v) is 5.50. The minimum atomic E-state index is -0.362. The zero-order valence-corrected chi connectivity index (χ0v) is 17.4. The van der Waals surface area contributed by atoms with Crippen LogP contribution < -0.4 is 5.32 Å². The summed E-state index contributed by atoms with van der Waals surface area (Å²) in [6, 6.07) is 13.7. The molecular formula is C24H21FN4O3. The predicted molar refractivity (Wildman–Crippen MR) is 117 cm³/mol. The molecule has 1 aliphatic rings. The summed E-state index contributed by atoms with van der Waals surface area (Å²) in [6.07, 6.45) is 3.08. The van der Waals surface area contributed by atoms with Gasteiger partial charge < -0.3 is 19.4 Å². The molecule has 162 valence electrons. The van der Waals surface area contributed by atoms with E-state index < -0.39 is 0 Å². The number of hydrogen-bond donors (Lipinski definition) is 1. The Bertz CT molecular complexity index is 1260. The van der Waals surface area contributed by atoms with Crippen molar-refractivity contribution in [2.45, 2.75) is 13.0 Å². The van der Waals surface area contributed by atoms with Gasteiger partial charge in [-0.2, -0.15) is 0 Å². The first kappa shape index (κ1) is 20.1. The average Bonchev–Trinajstić information content (AvgIpc) is 3.15. The Kier molecular flexibility index (Phi) is 5.28. The van der Waals surface area contributed by atoms with Crippen LogP contribution in [0.2, 0.25) is 0 Å². The van der Waals surface area contributed by atoms with Crippen molar-refractivity contribution >= 4 is 28.4 Å². The lowest BCUT2D eigenvalue weighted by molar-refractivity contribution is -0.0256. The average molecular weight is 432 g/mol.